The van der Waals surface area contributed by atoms with Crippen molar-refractivity contribution in [3.8, 4) is 16.9 Å². The summed E-state index contributed by atoms with van der Waals surface area (Å²) in [5, 5.41) is 5.29. The van der Waals surface area contributed by atoms with E-state index in [1.807, 2.05) is 6.07 Å². The second kappa shape index (κ2) is 6.55. The molecule has 0 radical (unpaired) electrons. The first-order valence-electron chi connectivity index (χ1n) is 7.81. The Balaban J connectivity index is 2.03. The van der Waals surface area contributed by atoms with Crippen LogP contribution in [0.4, 0.5) is 13.2 Å². The number of benzene rings is 2. The Bertz CT molecular complexity index is 1140. The molecule has 4 rings (SSSR count). The zero-order chi connectivity index (χ0) is 19.2. The van der Waals surface area contributed by atoms with Gasteiger partial charge in [0.1, 0.15) is 11.2 Å². The number of pyridine rings is 1. The molecule has 2 aromatic heterocycles. The van der Waals surface area contributed by atoms with Crippen LogP contribution in [0.1, 0.15) is 5.56 Å². The molecule has 0 spiro atoms. The predicted octanol–water partition coefficient (Wildman–Crippen LogP) is 6.41. The van der Waals surface area contributed by atoms with Gasteiger partial charge in [-0.2, -0.15) is 18.3 Å². The van der Waals surface area contributed by atoms with Crippen LogP contribution in [0.25, 0.3) is 28.0 Å². The second-order valence-corrected chi connectivity index (χ2v) is 6.65. The van der Waals surface area contributed by atoms with Gasteiger partial charge in [0.15, 0.2) is 0 Å². The zero-order valence-corrected chi connectivity index (χ0v) is 15.0. The third-order valence-corrected chi connectivity index (χ3v) is 4.58. The summed E-state index contributed by atoms with van der Waals surface area (Å²) in [6, 6.07) is 14.8. The van der Waals surface area contributed by atoms with Crippen LogP contribution in [-0.4, -0.2) is 14.8 Å². The summed E-state index contributed by atoms with van der Waals surface area (Å²) in [5.41, 5.74) is 1.23. The van der Waals surface area contributed by atoms with Crippen LogP contribution in [0.3, 0.4) is 0 Å². The quantitative estimate of drug-likeness (QED) is 0.384. The molecule has 0 saturated carbocycles. The highest BCUT2D eigenvalue weighted by molar-refractivity contribution is 6.36. The number of hydrogen-bond acceptors (Lipinski definition) is 2. The lowest BCUT2D eigenvalue weighted by Gasteiger charge is -2.07. The molecule has 2 heterocycles. The van der Waals surface area contributed by atoms with E-state index in [-0.39, 0.29) is 5.52 Å². The average molecular weight is 408 g/mol. The summed E-state index contributed by atoms with van der Waals surface area (Å²) >= 11 is 12.2. The van der Waals surface area contributed by atoms with Crippen LogP contribution in [0.2, 0.25) is 10.0 Å². The molecule has 0 N–H and O–H groups in total. The van der Waals surface area contributed by atoms with Gasteiger partial charge in [0.2, 0.25) is 0 Å². The number of hydrogen-bond donors (Lipinski definition) is 0. The summed E-state index contributed by atoms with van der Waals surface area (Å²) in [6.07, 6.45) is -3.71. The number of alkyl halides is 3. The monoisotopic (exact) mass is 407 g/mol. The first-order chi connectivity index (χ1) is 12.8. The molecule has 4 aromatic rings. The van der Waals surface area contributed by atoms with E-state index < -0.39 is 11.7 Å². The maximum absolute atomic E-state index is 13.2. The zero-order valence-electron chi connectivity index (χ0n) is 13.5. The van der Waals surface area contributed by atoms with E-state index in [2.05, 4.69) is 10.1 Å². The van der Waals surface area contributed by atoms with Gasteiger partial charge in [0.05, 0.1) is 21.8 Å². The van der Waals surface area contributed by atoms with E-state index in [1.165, 1.54) is 4.68 Å². The van der Waals surface area contributed by atoms with Crippen molar-refractivity contribution in [1.82, 2.24) is 14.8 Å². The Morgan fingerprint density at radius 1 is 0.926 bits per heavy atom. The molecule has 0 aliphatic rings. The Hall–Kier alpha value is -2.57. The molecule has 0 aliphatic carbocycles. The van der Waals surface area contributed by atoms with Gasteiger partial charge in [-0.15, -0.1) is 0 Å². The molecule has 0 saturated heterocycles. The largest absolute Gasteiger partial charge is 0.417 e. The number of para-hydroxylation sites is 1. The lowest BCUT2D eigenvalue weighted by atomic mass is 10.1. The number of aromatic nitrogens is 3. The minimum atomic E-state index is -4.51. The molecular weight excluding hydrogens is 398 g/mol. The minimum absolute atomic E-state index is 0.233. The van der Waals surface area contributed by atoms with E-state index in [0.717, 1.165) is 12.3 Å². The molecular formula is C19H10Cl2F3N3. The fourth-order valence-electron chi connectivity index (χ4n) is 2.78. The van der Waals surface area contributed by atoms with Gasteiger partial charge >= 0.3 is 6.18 Å². The first kappa shape index (κ1) is 17.8. The van der Waals surface area contributed by atoms with Crippen molar-refractivity contribution in [3.63, 3.8) is 0 Å². The number of fused-ring (bicyclic) bond motifs is 1. The van der Waals surface area contributed by atoms with Gasteiger partial charge in [-0.25, -0.2) is 4.68 Å². The third-order valence-electron chi connectivity index (χ3n) is 4.03. The fraction of sp³-hybridized carbons (Fsp3) is 0.0526. The standard InChI is InChI=1S/C19H10Cl2F3N3/c20-12-6-7-14(15(21)9-12)17-18-16(8-11(10-25-18)19(22,23)24)27(26-17)13-4-2-1-3-5-13/h1-10H. The Morgan fingerprint density at radius 3 is 2.33 bits per heavy atom. The maximum atomic E-state index is 13.2. The topological polar surface area (TPSA) is 30.7 Å². The van der Waals surface area contributed by atoms with Crippen LogP contribution in [0.15, 0.2) is 60.8 Å². The molecule has 27 heavy (non-hydrogen) atoms. The molecule has 0 aliphatic heterocycles. The lowest BCUT2D eigenvalue weighted by Crippen LogP contribution is -2.06. The highest BCUT2D eigenvalue weighted by Crippen LogP contribution is 2.37. The molecule has 136 valence electrons. The van der Waals surface area contributed by atoms with Crippen molar-refractivity contribution < 1.29 is 13.2 Å². The number of nitrogens with zero attached hydrogens (tertiary/aromatic N) is 3. The van der Waals surface area contributed by atoms with Crippen molar-refractivity contribution in [2.45, 2.75) is 6.18 Å². The van der Waals surface area contributed by atoms with E-state index in [0.29, 0.717) is 32.5 Å². The van der Waals surface area contributed by atoms with E-state index in [9.17, 15) is 13.2 Å². The molecule has 0 fully saturated rings. The summed E-state index contributed by atoms with van der Waals surface area (Å²) in [4.78, 5) is 4.04. The third kappa shape index (κ3) is 3.26. The van der Waals surface area contributed by atoms with Crippen molar-refractivity contribution >= 4 is 34.2 Å². The predicted molar refractivity (Wildman–Crippen MR) is 99.3 cm³/mol. The first-order valence-corrected chi connectivity index (χ1v) is 8.57. The lowest BCUT2D eigenvalue weighted by molar-refractivity contribution is -0.137. The molecule has 8 heteroatoms. The van der Waals surface area contributed by atoms with Crippen LogP contribution < -0.4 is 0 Å². The smallest absolute Gasteiger partial charge is 0.252 e. The van der Waals surface area contributed by atoms with Gasteiger partial charge < -0.3 is 0 Å². The Labute approximate surface area is 162 Å². The van der Waals surface area contributed by atoms with Gasteiger partial charge in [0, 0.05) is 16.8 Å². The number of halogens is 5. The van der Waals surface area contributed by atoms with Crippen LogP contribution in [0, 0.1) is 0 Å². The van der Waals surface area contributed by atoms with Gasteiger partial charge in [-0.1, -0.05) is 41.4 Å². The van der Waals surface area contributed by atoms with Gasteiger partial charge in [-0.05, 0) is 36.4 Å². The molecule has 3 nitrogen and oxygen atoms in total. The summed E-state index contributed by atoms with van der Waals surface area (Å²) in [7, 11) is 0. The molecule has 0 amide bonds. The second-order valence-electron chi connectivity index (χ2n) is 5.81. The van der Waals surface area contributed by atoms with Crippen LogP contribution in [-0.2, 0) is 6.18 Å². The average Bonchev–Trinajstić information content (AvgIpc) is 3.00. The van der Waals surface area contributed by atoms with Crippen molar-refractivity contribution in [2.24, 2.45) is 0 Å². The molecule has 0 atom stereocenters. The highest BCUT2D eigenvalue weighted by Gasteiger charge is 2.32. The van der Waals surface area contributed by atoms with E-state index in [1.54, 1.807) is 42.5 Å². The minimum Gasteiger partial charge on any atom is -0.252 e. The Kier molecular flexibility index (Phi) is 4.32. The molecule has 2 aromatic carbocycles. The SMILES string of the molecule is FC(F)(F)c1cnc2c(-c3ccc(Cl)cc3Cl)nn(-c3ccccc3)c2c1. The van der Waals surface area contributed by atoms with Gasteiger partial charge in [-0.3, -0.25) is 4.98 Å². The summed E-state index contributed by atoms with van der Waals surface area (Å²) in [6.45, 7) is 0. The van der Waals surface area contributed by atoms with Crippen molar-refractivity contribution in [2.75, 3.05) is 0 Å². The van der Waals surface area contributed by atoms with E-state index >= 15 is 0 Å². The van der Waals surface area contributed by atoms with Crippen LogP contribution in [0.5, 0.6) is 0 Å². The van der Waals surface area contributed by atoms with Crippen molar-refractivity contribution in [1.29, 1.82) is 0 Å². The fourth-order valence-corrected chi connectivity index (χ4v) is 3.28. The Morgan fingerprint density at radius 2 is 1.67 bits per heavy atom. The van der Waals surface area contributed by atoms with Crippen molar-refractivity contribution in [3.05, 3.63) is 76.4 Å². The highest BCUT2D eigenvalue weighted by atomic mass is 35.5. The number of rotatable bonds is 2. The maximum Gasteiger partial charge on any atom is 0.417 e. The van der Waals surface area contributed by atoms with Crippen LogP contribution >= 0.6 is 23.2 Å². The summed E-state index contributed by atoms with van der Waals surface area (Å²) in [5.74, 6) is 0. The molecule has 0 bridgehead atoms. The van der Waals surface area contributed by atoms with E-state index in [4.69, 9.17) is 23.2 Å². The normalized spacial score (nSPS) is 11.9. The van der Waals surface area contributed by atoms with Gasteiger partial charge in [0.25, 0.3) is 0 Å². The summed E-state index contributed by atoms with van der Waals surface area (Å²) < 4.78 is 41.0. The molecule has 0 unspecified atom stereocenters.